The summed E-state index contributed by atoms with van der Waals surface area (Å²) in [5, 5.41) is 5.55. The third-order valence-corrected chi connectivity index (χ3v) is 3.96. The number of nitrogens with zero attached hydrogens (tertiary/aromatic N) is 1. The van der Waals surface area contributed by atoms with Crippen molar-refractivity contribution >= 4 is 23.2 Å². The van der Waals surface area contributed by atoms with E-state index in [2.05, 4.69) is 15.5 Å². The van der Waals surface area contributed by atoms with E-state index in [1.54, 1.807) is 0 Å². The third kappa shape index (κ3) is 4.76. The van der Waals surface area contributed by atoms with Gasteiger partial charge in [0.15, 0.2) is 0 Å². The molecule has 0 aliphatic carbocycles. The Labute approximate surface area is 132 Å². The van der Waals surface area contributed by atoms with Gasteiger partial charge in [0, 0.05) is 30.5 Å². The molecule has 1 saturated heterocycles. The molecule has 2 amide bonds. The quantitative estimate of drug-likeness (QED) is 0.794. The summed E-state index contributed by atoms with van der Waals surface area (Å²) in [5.74, 6) is -0.518. The highest BCUT2D eigenvalue weighted by Gasteiger charge is 2.13. The van der Waals surface area contributed by atoms with Crippen molar-refractivity contribution in [3.05, 3.63) is 24.3 Å². The second-order valence-corrected chi connectivity index (χ2v) is 5.84. The molecule has 22 heavy (non-hydrogen) atoms. The zero-order chi connectivity index (χ0) is 15.9. The second-order valence-electron chi connectivity index (χ2n) is 5.84. The maximum absolute atomic E-state index is 11.9. The monoisotopic (exact) mass is 303 g/mol. The summed E-state index contributed by atoms with van der Waals surface area (Å²) in [6.07, 6.45) is 3.19. The van der Waals surface area contributed by atoms with Crippen molar-refractivity contribution in [2.45, 2.75) is 45.6 Å². The van der Waals surface area contributed by atoms with Crippen molar-refractivity contribution in [2.75, 3.05) is 23.3 Å². The summed E-state index contributed by atoms with van der Waals surface area (Å²) in [6, 6.07) is 7.90. The molecule has 1 fully saturated rings. The molecule has 1 heterocycles. The molecule has 1 aromatic rings. The largest absolute Gasteiger partial charge is 0.372 e. The Morgan fingerprint density at radius 2 is 1.77 bits per heavy atom. The number of carbonyl (C=O) groups excluding carboxylic acids is 2. The van der Waals surface area contributed by atoms with Crippen LogP contribution in [0.3, 0.4) is 0 Å². The van der Waals surface area contributed by atoms with Gasteiger partial charge in [-0.15, -0.1) is 0 Å². The minimum Gasteiger partial charge on any atom is -0.372 e. The lowest BCUT2D eigenvalue weighted by molar-refractivity contribution is -0.127. The number of rotatable bonds is 6. The van der Waals surface area contributed by atoms with Crippen molar-refractivity contribution < 1.29 is 9.59 Å². The second kappa shape index (κ2) is 7.82. The van der Waals surface area contributed by atoms with Gasteiger partial charge in [-0.1, -0.05) is 6.92 Å². The lowest BCUT2D eigenvalue weighted by atomic mass is 10.2. The molecule has 1 aromatic carbocycles. The first-order valence-corrected chi connectivity index (χ1v) is 8.02. The van der Waals surface area contributed by atoms with E-state index in [4.69, 9.17) is 0 Å². The molecule has 120 valence electrons. The SMILES string of the molecule is CCC(C)NC(=O)CC(=O)Nc1ccc(N2CCCC2)cc1. The van der Waals surface area contributed by atoms with Gasteiger partial charge in [-0.2, -0.15) is 0 Å². The topological polar surface area (TPSA) is 61.4 Å². The normalized spacial score (nSPS) is 15.5. The van der Waals surface area contributed by atoms with Crippen molar-refractivity contribution in [1.82, 2.24) is 5.32 Å². The van der Waals surface area contributed by atoms with Crippen molar-refractivity contribution in [3.8, 4) is 0 Å². The van der Waals surface area contributed by atoms with E-state index in [0.717, 1.165) is 25.2 Å². The van der Waals surface area contributed by atoms with Crippen LogP contribution in [-0.2, 0) is 9.59 Å². The molecule has 1 unspecified atom stereocenters. The van der Waals surface area contributed by atoms with Crippen LogP contribution in [0.25, 0.3) is 0 Å². The lowest BCUT2D eigenvalue weighted by Gasteiger charge is -2.17. The van der Waals surface area contributed by atoms with E-state index in [1.165, 1.54) is 18.5 Å². The van der Waals surface area contributed by atoms with E-state index < -0.39 is 0 Å². The van der Waals surface area contributed by atoms with Crippen LogP contribution in [-0.4, -0.2) is 30.9 Å². The molecule has 5 nitrogen and oxygen atoms in total. The molecule has 5 heteroatoms. The minimum atomic E-state index is -0.283. The maximum atomic E-state index is 11.9. The standard InChI is InChI=1S/C17H25N3O2/c1-3-13(2)18-16(21)12-17(22)19-14-6-8-15(9-7-14)20-10-4-5-11-20/h6-9,13H,3-5,10-12H2,1-2H3,(H,18,21)(H,19,22). The maximum Gasteiger partial charge on any atom is 0.233 e. The Balaban J connectivity index is 1.82. The average Bonchev–Trinajstić information content (AvgIpc) is 3.01. The Hall–Kier alpha value is -2.04. The Bertz CT molecular complexity index is 507. The molecular formula is C17H25N3O2. The van der Waals surface area contributed by atoms with Crippen LogP contribution in [0.4, 0.5) is 11.4 Å². The smallest absolute Gasteiger partial charge is 0.233 e. The first-order valence-electron chi connectivity index (χ1n) is 8.02. The first-order chi connectivity index (χ1) is 10.6. The molecule has 0 aromatic heterocycles. The van der Waals surface area contributed by atoms with Crippen LogP contribution < -0.4 is 15.5 Å². The van der Waals surface area contributed by atoms with Gasteiger partial charge in [-0.3, -0.25) is 9.59 Å². The third-order valence-electron chi connectivity index (χ3n) is 3.96. The number of nitrogens with one attached hydrogen (secondary N) is 2. The number of amides is 2. The molecule has 1 aliphatic rings. The molecule has 0 spiro atoms. The molecular weight excluding hydrogens is 278 g/mol. The van der Waals surface area contributed by atoms with Gasteiger partial charge in [0.1, 0.15) is 6.42 Å². The average molecular weight is 303 g/mol. The Morgan fingerprint density at radius 1 is 1.14 bits per heavy atom. The molecule has 2 rings (SSSR count). The summed E-state index contributed by atoms with van der Waals surface area (Å²) in [5.41, 5.74) is 1.91. The van der Waals surface area contributed by atoms with Crippen LogP contribution in [0.1, 0.15) is 39.5 Å². The summed E-state index contributed by atoms with van der Waals surface area (Å²) in [6.45, 7) is 6.11. The van der Waals surface area contributed by atoms with E-state index in [0.29, 0.717) is 0 Å². The van der Waals surface area contributed by atoms with Gasteiger partial charge < -0.3 is 15.5 Å². The zero-order valence-corrected chi connectivity index (χ0v) is 13.4. The fourth-order valence-corrected chi connectivity index (χ4v) is 2.51. The number of hydrogen-bond donors (Lipinski definition) is 2. The van der Waals surface area contributed by atoms with Gasteiger partial charge in [-0.05, 0) is 50.5 Å². The van der Waals surface area contributed by atoms with Crippen LogP contribution in [0.15, 0.2) is 24.3 Å². The van der Waals surface area contributed by atoms with Gasteiger partial charge >= 0.3 is 0 Å². The highest BCUT2D eigenvalue weighted by Crippen LogP contribution is 2.22. The van der Waals surface area contributed by atoms with E-state index in [-0.39, 0.29) is 24.3 Å². The zero-order valence-electron chi connectivity index (χ0n) is 13.4. The Morgan fingerprint density at radius 3 is 2.36 bits per heavy atom. The summed E-state index contributed by atoms with van der Waals surface area (Å²) >= 11 is 0. The molecule has 1 atom stereocenters. The van der Waals surface area contributed by atoms with Crippen LogP contribution in [0.5, 0.6) is 0 Å². The van der Waals surface area contributed by atoms with Gasteiger partial charge in [-0.25, -0.2) is 0 Å². The van der Waals surface area contributed by atoms with Gasteiger partial charge in [0.2, 0.25) is 11.8 Å². The molecule has 0 saturated carbocycles. The van der Waals surface area contributed by atoms with Crippen LogP contribution >= 0.6 is 0 Å². The van der Waals surface area contributed by atoms with E-state index in [9.17, 15) is 9.59 Å². The number of hydrogen-bond acceptors (Lipinski definition) is 3. The van der Waals surface area contributed by atoms with Crippen molar-refractivity contribution in [1.29, 1.82) is 0 Å². The van der Waals surface area contributed by atoms with Crippen molar-refractivity contribution in [2.24, 2.45) is 0 Å². The first kappa shape index (κ1) is 16.3. The number of benzene rings is 1. The van der Waals surface area contributed by atoms with Crippen LogP contribution in [0, 0.1) is 0 Å². The Kier molecular flexibility index (Phi) is 5.81. The summed E-state index contributed by atoms with van der Waals surface area (Å²) < 4.78 is 0. The fourth-order valence-electron chi connectivity index (χ4n) is 2.51. The summed E-state index contributed by atoms with van der Waals surface area (Å²) in [7, 11) is 0. The predicted octanol–water partition coefficient (Wildman–Crippen LogP) is 2.53. The van der Waals surface area contributed by atoms with E-state index >= 15 is 0 Å². The van der Waals surface area contributed by atoms with Crippen LogP contribution in [0.2, 0.25) is 0 Å². The number of carbonyl (C=O) groups is 2. The highest BCUT2D eigenvalue weighted by molar-refractivity contribution is 6.03. The predicted molar refractivity (Wildman–Crippen MR) is 89.0 cm³/mol. The molecule has 1 aliphatic heterocycles. The van der Waals surface area contributed by atoms with E-state index in [1.807, 2.05) is 38.1 Å². The van der Waals surface area contributed by atoms with Gasteiger partial charge in [0.05, 0.1) is 0 Å². The lowest BCUT2D eigenvalue weighted by Crippen LogP contribution is -2.34. The molecule has 0 radical (unpaired) electrons. The summed E-state index contributed by atoms with van der Waals surface area (Å²) in [4.78, 5) is 25.9. The van der Waals surface area contributed by atoms with Crippen molar-refractivity contribution in [3.63, 3.8) is 0 Å². The fraction of sp³-hybridized carbons (Fsp3) is 0.529. The highest BCUT2D eigenvalue weighted by atomic mass is 16.2. The molecule has 2 N–H and O–H groups in total. The minimum absolute atomic E-state index is 0.0973. The molecule has 0 bridgehead atoms. The van der Waals surface area contributed by atoms with Gasteiger partial charge in [0.25, 0.3) is 0 Å². The number of anilines is 2.